The van der Waals surface area contributed by atoms with E-state index >= 15 is 4.39 Å². The topological polar surface area (TPSA) is 68.7 Å². The lowest BCUT2D eigenvalue weighted by Gasteiger charge is -2.24. The van der Waals surface area contributed by atoms with Gasteiger partial charge < -0.3 is 14.6 Å². The monoisotopic (exact) mass is 555 g/mol. The normalized spacial score (nSPS) is 16.9. The second kappa shape index (κ2) is 11.5. The molecule has 0 unspecified atom stereocenters. The summed E-state index contributed by atoms with van der Waals surface area (Å²) in [6.07, 6.45) is 6.49. The Morgan fingerprint density at radius 1 is 1.21 bits per heavy atom. The molecule has 0 amide bonds. The van der Waals surface area contributed by atoms with Gasteiger partial charge in [-0.15, -0.1) is 0 Å². The molecule has 2 aliphatic carbocycles. The lowest BCUT2D eigenvalue weighted by Crippen LogP contribution is -2.11. The molecule has 1 N–H and O–H groups in total. The first-order valence-electron chi connectivity index (χ1n) is 12.7. The number of rotatable bonds is 10. The maximum atomic E-state index is 15.0. The molecule has 1 fully saturated rings. The molecule has 2 aromatic carbocycles. The summed E-state index contributed by atoms with van der Waals surface area (Å²) < 4.78 is 31.4. The molecule has 1 heterocycles. The molecule has 0 spiro atoms. The first-order chi connectivity index (χ1) is 17.8. The van der Waals surface area contributed by atoms with Crippen molar-refractivity contribution in [3.8, 4) is 21.9 Å². The number of ether oxygens (including phenoxy) is 2. The number of carbonyl (C=O) groups is 1. The number of allylic oxidation sites excluding steroid dienone is 2. The first kappa shape index (κ1) is 28.2. The fourth-order valence-corrected chi connectivity index (χ4v) is 6.27. The molecule has 1 atom stereocenters. The first-order valence-corrected chi connectivity index (χ1v) is 13.5. The van der Waals surface area contributed by atoms with E-state index in [1.807, 2.05) is 24.3 Å². The Kier molecular flexibility index (Phi) is 8.52. The molecular weight excluding hydrogens is 521 g/mol. The van der Waals surface area contributed by atoms with Gasteiger partial charge in [-0.2, -0.15) is 17.9 Å². The van der Waals surface area contributed by atoms with E-state index in [4.69, 9.17) is 13.8 Å². The molecule has 0 aliphatic heterocycles. The Labute approximate surface area is 234 Å². The molecule has 2 aliphatic rings. The molecule has 0 bridgehead atoms. The second-order valence-corrected chi connectivity index (χ2v) is 11.4. The van der Waals surface area contributed by atoms with Crippen molar-refractivity contribution in [2.24, 2.45) is 11.3 Å². The van der Waals surface area contributed by atoms with Crippen LogP contribution in [0.15, 0.2) is 48.5 Å². The predicted octanol–water partition coefficient (Wildman–Crippen LogP) is 7.82. The molecule has 5 rings (SSSR count). The Morgan fingerprint density at radius 3 is 2.66 bits per heavy atom. The standard InChI is InChI=1S/C30H32FNO4S.H2S/c1-30(2)13-5-8-24(30)28-26(32-37-29(28)23-15-20(35-3)11-12-25(23)31)17-36-21-7-4-6-19(14-21)22(16-27(33)34)18-9-10-18;/h4,6-8,11-12,14-15,18,22H,5,9-10,13,16-17H2,1-3H3,(H,33,34);1H2/t22-;/m0./s1. The van der Waals surface area contributed by atoms with Crippen LogP contribution in [0.5, 0.6) is 11.5 Å². The third kappa shape index (κ3) is 5.91. The maximum Gasteiger partial charge on any atom is 0.303 e. The highest BCUT2D eigenvalue weighted by Gasteiger charge is 2.35. The molecule has 0 radical (unpaired) electrons. The van der Waals surface area contributed by atoms with E-state index < -0.39 is 5.97 Å². The Bertz CT molecular complexity index is 1350. The highest BCUT2D eigenvalue weighted by Crippen LogP contribution is 2.50. The van der Waals surface area contributed by atoms with Crippen LogP contribution in [0.3, 0.4) is 0 Å². The van der Waals surface area contributed by atoms with E-state index in [0.717, 1.165) is 47.4 Å². The highest BCUT2D eigenvalue weighted by molar-refractivity contribution is 7.59. The van der Waals surface area contributed by atoms with Crippen LogP contribution in [-0.4, -0.2) is 22.6 Å². The number of carboxylic acids is 1. The molecule has 3 aromatic rings. The van der Waals surface area contributed by atoms with Crippen molar-refractivity contribution in [2.75, 3.05) is 7.11 Å². The molecule has 1 aromatic heterocycles. The van der Waals surface area contributed by atoms with Crippen LogP contribution in [-0.2, 0) is 11.4 Å². The van der Waals surface area contributed by atoms with Gasteiger partial charge in [0.15, 0.2) is 0 Å². The zero-order valence-electron chi connectivity index (χ0n) is 21.9. The smallest absolute Gasteiger partial charge is 0.303 e. The molecule has 8 heteroatoms. The summed E-state index contributed by atoms with van der Waals surface area (Å²) in [5.41, 5.74) is 4.30. The molecule has 1 saturated carbocycles. The van der Waals surface area contributed by atoms with Crippen LogP contribution >= 0.6 is 25.0 Å². The third-order valence-electron chi connectivity index (χ3n) is 7.54. The van der Waals surface area contributed by atoms with Gasteiger partial charge in [0.1, 0.15) is 23.9 Å². The minimum atomic E-state index is -0.778. The number of halogens is 1. The van der Waals surface area contributed by atoms with Gasteiger partial charge in [0.25, 0.3) is 0 Å². The largest absolute Gasteiger partial charge is 0.497 e. The van der Waals surface area contributed by atoms with E-state index in [9.17, 15) is 9.90 Å². The van der Waals surface area contributed by atoms with Gasteiger partial charge >= 0.3 is 5.97 Å². The Morgan fingerprint density at radius 2 is 2.00 bits per heavy atom. The zero-order valence-corrected chi connectivity index (χ0v) is 23.7. The van der Waals surface area contributed by atoms with Crippen LogP contribution < -0.4 is 9.47 Å². The summed E-state index contributed by atoms with van der Waals surface area (Å²) in [4.78, 5) is 12.2. The fourth-order valence-electron chi connectivity index (χ4n) is 5.35. The summed E-state index contributed by atoms with van der Waals surface area (Å²) in [7, 11) is 1.57. The van der Waals surface area contributed by atoms with Gasteiger partial charge in [-0.3, -0.25) is 4.79 Å². The van der Waals surface area contributed by atoms with Crippen LogP contribution in [0.1, 0.15) is 68.7 Å². The maximum absolute atomic E-state index is 15.0. The van der Waals surface area contributed by atoms with Gasteiger partial charge in [-0.05, 0) is 95.9 Å². The Balaban J connectivity index is 0.00000336. The Hall–Kier alpha value is -2.84. The number of hydrogen-bond acceptors (Lipinski definition) is 5. The minimum Gasteiger partial charge on any atom is -0.497 e. The van der Waals surface area contributed by atoms with Crippen LogP contribution in [0.25, 0.3) is 16.0 Å². The molecule has 38 heavy (non-hydrogen) atoms. The quantitative estimate of drug-likeness (QED) is 0.276. The van der Waals surface area contributed by atoms with Gasteiger partial charge in [-0.25, -0.2) is 4.39 Å². The minimum absolute atomic E-state index is 0. The van der Waals surface area contributed by atoms with Gasteiger partial charge in [0, 0.05) is 11.1 Å². The van der Waals surface area contributed by atoms with Gasteiger partial charge in [-0.1, -0.05) is 32.1 Å². The molecule has 5 nitrogen and oxygen atoms in total. The van der Waals surface area contributed by atoms with E-state index in [2.05, 4.69) is 19.9 Å². The lowest BCUT2D eigenvalue weighted by molar-refractivity contribution is -0.137. The van der Waals surface area contributed by atoms with Gasteiger partial charge in [0.05, 0.1) is 24.1 Å². The number of benzene rings is 2. The van der Waals surface area contributed by atoms with E-state index in [0.29, 0.717) is 23.0 Å². The number of hydrogen-bond donors (Lipinski definition) is 1. The second-order valence-electron chi connectivity index (χ2n) is 10.6. The van der Waals surface area contributed by atoms with Crippen molar-refractivity contribution in [3.05, 3.63) is 71.2 Å². The SMILES string of the molecule is COc1ccc(F)c(-c2snc(COc3cccc([C@@H](CC(=O)O)C4CC4)c3)c2C2=CCCC2(C)C)c1.S. The number of aromatic nitrogens is 1. The van der Waals surface area contributed by atoms with Crippen molar-refractivity contribution >= 4 is 36.6 Å². The van der Waals surface area contributed by atoms with Gasteiger partial charge in [0.2, 0.25) is 0 Å². The van der Waals surface area contributed by atoms with Crippen molar-refractivity contribution in [2.45, 2.75) is 58.5 Å². The summed E-state index contributed by atoms with van der Waals surface area (Å²) in [6.45, 7) is 4.66. The number of aliphatic carboxylic acids is 1. The summed E-state index contributed by atoms with van der Waals surface area (Å²) in [5, 5.41) is 9.39. The van der Waals surface area contributed by atoms with E-state index in [1.165, 1.54) is 23.2 Å². The van der Waals surface area contributed by atoms with Crippen LogP contribution in [0.4, 0.5) is 4.39 Å². The average molecular weight is 556 g/mol. The number of nitrogens with zero attached hydrogens (tertiary/aromatic N) is 1. The number of methoxy groups -OCH3 is 1. The fraction of sp³-hybridized carbons (Fsp3) is 0.400. The third-order valence-corrected chi connectivity index (χ3v) is 8.46. The molecule has 0 saturated heterocycles. The highest BCUT2D eigenvalue weighted by atomic mass is 32.1. The van der Waals surface area contributed by atoms with Crippen molar-refractivity contribution in [1.29, 1.82) is 0 Å². The average Bonchev–Trinajstić information content (AvgIpc) is 3.54. The summed E-state index contributed by atoms with van der Waals surface area (Å²) in [5.74, 6) is 0.612. The zero-order chi connectivity index (χ0) is 26.2. The van der Waals surface area contributed by atoms with Crippen LogP contribution in [0.2, 0.25) is 0 Å². The van der Waals surface area contributed by atoms with Crippen molar-refractivity contribution in [1.82, 2.24) is 4.37 Å². The molecule has 202 valence electrons. The van der Waals surface area contributed by atoms with Crippen molar-refractivity contribution in [3.63, 3.8) is 0 Å². The molecular formula is C30H34FNO4S2. The van der Waals surface area contributed by atoms with Crippen LogP contribution in [0, 0.1) is 17.2 Å². The summed E-state index contributed by atoms with van der Waals surface area (Å²) in [6, 6.07) is 12.5. The lowest BCUT2D eigenvalue weighted by atomic mass is 9.81. The van der Waals surface area contributed by atoms with E-state index in [1.54, 1.807) is 19.2 Å². The number of carboxylic acid groups (broad SMARTS) is 1. The predicted molar refractivity (Wildman–Crippen MR) is 154 cm³/mol. The van der Waals surface area contributed by atoms with Crippen molar-refractivity contribution < 1.29 is 23.8 Å². The summed E-state index contributed by atoms with van der Waals surface area (Å²) >= 11 is 1.28. The van der Waals surface area contributed by atoms with E-state index in [-0.39, 0.29) is 43.7 Å².